The zero-order valence-electron chi connectivity index (χ0n) is 20.4. The summed E-state index contributed by atoms with van der Waals surface area (Å²) in [5, 5.41) is 9.57. The molecule has 6 rings (SSSR count). The SMILES string of the molecule is CC1(C)c2ccccc2-c2ccc(N(c3ccc(-c4ccccc4)cc3)c3cccc(C#N)c3)cc21. The number of anilines is 3. The predicted molar refractivity (Wildman–Crippen MR) is 149 cm³/mol. The Kier molecular flexibility index (Phi) is 5.20. The molecule has 0 radical (unpaired) electrons. The summed E-state index contributed by atoms with van der Waals surface area (Å²) in [5.74, 6) is 0. The first-order valence-electron chi connectivity index (χ1n) is 12.3. The smallest absolute Gasteiger partial charge is 0.0992 e. The molecule has 0 atom stereocenters. The predicted octanol–water partition coefficient (Wildman–Crippen LogP) is 9.00. The molecule has 0 fully saturated rings. The van der Waals surface area contributed by atoms with Crippen molar-refractivity contribution in [1.82, 2.24) is 0 Å². The van der Waals surface area contributed by atoms with Crippen molar-refractivity contribution in [3.8, 4) is 28.3 Å². The molecule has 0 bridgehead atoms. The van der Waals surface area contributed by atoms with E-state index >= 15 is 0 Å². The molecule has 0 aromatic heterocycles. The second-order valence-corrected chi connectivity index (χ2v) is 9.81. The van der Waals surface area contributed by atoms with Crippen molar-refractivity contribution >= 4 is 17.1 Å². The largest absolute Gasteiger partial charge is 0.310 e. The highest BCUT2D eigenvalue weighted by atomic mass is 15.1. The van der Waals surface area contributed by atoms with Crippen molar-refractivity contribution in [1.29, 1.82) is 5.26 Å². The lowest BCUT2D eigenvalue weighted by molar-refractivity contribution is 0.660. The van der Waals surface area contributed by atoms with Gasteiger partial charge in [0.1, 0.15) is 0 Å². The van der Waals surface area contributed by atoms with Gasteiger partial charge < -0.3 is 4.90 Å². The van der Waals surface area contributed by atoms with Crippen LogP contribution in [0.5, 0.6) is 0 Å². The lowest BCUT2D eigenvalue weighted by atomic mass is 9.82. The van der Waals surface area contributed by atoms with E-state index in [-0.39, 0.29) is 5.41 Å². The summed E-state index contributed by atoms with van der Waals surface area (Å²) in [5.41, 5.74) is 11.3. The molecule has 0 heterocycles. The summed E-state index contributed by atoms with van der Waals surface area (Å²) in [7, 11) is 0. The average molecular weight is 463 g/mol. The number of rotatable bonds is 4. The Bertz CT molecular complexity index is 1610. The van der Waals surface area contributed by atoms with Crippen LogP contribution in [0.4, 0.5) is 17.1 Å². The highest BCUT2D eigenvalue weighted by Crippen LogP contribution is 2.50. The molecule has 2 heteroatoms. The number of benzene rings is 5. The van der Waals surface area contributed by atoms with Crippen LogP contribution in [-0.2, 0) is 5.41 Å². The normalized spacial score (nSPS) is 12.9. The van der Waals surface area contributed by atoms with E-state index in [0.29, 0.717) is 5.56 Å². The van der Waals surface area contributed by atoms with Crippen LogP contribution in [0.1, 0.15) is 30.5 Å². The maximum Gasteiger partial charge on any atom is 0.0992 e. The number of nitrogens with zero attached hydrogens (tertiary/aromatic N) is 2. The Morgan fingerprint density at radius 1 is 0.556 bits per heavy atom. The third-order valence-corrected chi connectivity index (χ3v) is 7.29. The molecule has 0 amide bonds. The van der Waals surface area contributed by atoms with Crippen LogP contribution in [-0.4, -0.2) is 0 Å². The van der Waals surface area contributed by atoms with Crippen LogP contribution in [0.15, 0.2) is 121 Å². The van der Waals surface area contributed by atoms with Crippen LogP contribution < -0.4 is 4.90 Å². The maximum atomic E-state index is 9.57. The van der Waals surface area contributed by atoms with Gasteiger partial charge in [0.15, 0.2) is 0 Å². The van der Waals surface area contributed by atoms with Gasteiger partial charge >= 0.3 is 0 Å². The van der Waals surface area contributed by atoms with Gasteiger partial charge in [0.25, 0.3) is 0 Å². The lowest BCUT2D eigenvalue weighted by Gasteiger charge is -2.28. The Hall–Kier alpha value is -4.61. The van der Waals surface area contributed by atoms with Crippen molar-refractivity contribution in [2.45, 2.75) is 19.3 Å². The number of hydrogen-bond donors (Lipinski definition) is 0. The van der Waals surface area contributed by atoms with Crippen molar-refractivity contribution < 1.29 is 0 Å². The number of nitriles is 1. The van der Waals surface area contributed by atoms with Gasteiger partial charge in [-0.25, -0.2) is 0 Å². The van der Waals surface area contributed by atoms with E-state index in [4.69, 9.17) is 0 Å². The number of hydrogen-bond acceptors (Lipinski definition) is 2. The minimum atomic E-state index is -0.0841. The zero-order chi connectivity index (χ0) is 24.7. The number of fused-ring (bicyclic) bond motifs is 3. The Balaban J connectivity index is 1.49. The minimum absolute atomic E-state index is 0.0841. The topological polar surface area (TPSA) is 27.0 Å². The van der Waals surface area contributed by atoms with Gasteiger partial charge in [0.2, 0.25) is 0 Å². The first-order chi connectivity index (χ1) is 17.6. The maximum absolute atomic E-state index is 9.57. The first-order valence-corrected chi connectivity index (χ1v) is 12.3. The second kappa shape index (κ2) is 8.56. The molecule has 1 aliphatic carbocycles. The van der Waals surface area contributed by atoms with Crippen LogP contribution in [0, 0.1) is 11.3 Å². The molecule has 0 aliphatic heterocycles. The first kappa shape index (κ1) is 21.9. The van der Waals surface area contributed by atoms with E-state index in [1.54, 1.807) is 0 Å². The molecular weight excluding hydrogens is 436 g/mol. The molecule has 1 aliphatic rings. The van der Waals surface area contributed by atoms with E-state index in [9.17, 15) is 5.26 Å². The minimum Gasteiger partial charge on any atom is -0.310 e. The molecular formula is C34H26N2. The summed E-state index contributed by atoms with van der Waals surface area (Å²) in [4.78, 5) is 2.24. The summed E-state index contributed by atoms with van der Waals surface area (Å²) in [6.07, 6.45) is 0. The Morgan fingerprint density at radius 3 is 1.97 bits per heavy atom. The second-order valence-electron chi connectivity index (χ2n) is 9.81. The van der Waals surface area contributed by atoms with Crippen LogP contribution in [0.25, 0.3) is 22.3 Å². The monoisotopic (exact) mass is 462 g/mol. The van der Waals surface area contributed by atoms with E-state index in [0.717, 1.165) is 17.1 Å². The van der Waals surface area contributed by atoms with Crippen molar-refractivity contribution in [3.05, 3.63) is 138 Å². The summed E-state index contributed by atoms with van der Waals surface area (Å²) in [6.45, 7) is 4.60. The van der Waals surface area contributed by atoms with E-state index in [2.05, 4.69) is 122 Å². The fourth-order valence-corrected chi connectivity index (χ4v) is 5.43. The van der Waals surface area contributed by atoms with Gasteiger partial charge in [-0.1, -0.05) is 92.7 Å². The van der Waals surface area contributed by atoms with Gasteiger partial charge in [-0.3, -0.25) is 0 Å². The summed E-state index contributed by atoms with van der Waals surface area (Å²) < 4.78 is 0. The van der Waals surface area contributed by atoms with Crippen LogP contribution >= 0.6 is 0 Å². The molecule has 36 heavy (non-hydrogen) atoms. The molecule has 0 saturated heterocycles. The average Bonchev–Trinajstić information content (AvgIpc) is 3.16. The highest BCUT2D eigenvalue weighted by molar-refractivity contribution is 5.86. The van der Waals surface area contributed by atoms with E-state index in [1.807, 2.05) is 24.3 Å². The van der Waals surface area contributed by atoms with Crippen molar-refractivity contribution in [2.24, 2.45) is 0 Å². The Morgan fingerprint density at radius 2 is 1.19 bits per heavy atom. The van der Waals surface area contributed by atoms with E-state index < -0.39 is 0 Å². The summed E-state index contributed by atoms with van der Waals surface area (Å²) in [6, 6.07) is 44.7. The molecule has 0 unspecified atom stereocenters. The molecule has 172 valence electrons. The molecule has 5 aromatic rings. The third-order valence-electron chi connectivity index (χ3n) is 7.29. The zero-order valence-corrected chi connectivity index (χ0v) is 20.4. The quantitative estimate of drug-likeness (QED) is 0.266. The molecule has 0 N–H and O–H groups in total. The van der Waals surface area contributed by atoms with Crippen molar-refractivity contribution in [2.75, 3.05) is 4.90 Å². The lowest BCUT2D eigenvalue weighted by Crippen LogP contribution is -2.16. The molecule has 2 nitrogen and oxygen atoms in total. The molecule has 0 saturated carbocycles. The van der Waals surface area contributed by atoms with Crippen LogP contribution in [0.2, 0.25) is 0 Å². The van der Waals surface area contributed by atoms with Gasteiger partial charge in [-0.05, 0) is 75.8 Å². The fraction of sp³-hybridized carbons (Fsp3) is 0.0882. The fourth-order valence-electron chi connectivity index (χ4n) is 5.43. The molecule has 0 spiro atoms. The Labute approximate surface area is 212 Å². The van der Waals surface area contributed by atoms with Gasteiger partial charge in [-0.2, -0.15) is 5.26 Å². The third kappa shape index (κ3) is 3.58. The summed E-state index contributed by atoms with van der Waals surface area (Å²) >= 11 is 0. The molecule has 5 aromatic carbocycles. The highest BCUT2D eigenvalue weighted by Gasteiger charge is 2.35. The van der Waals surface area contributed by atoms with Crippen molar-refractivity contribution in [3.63, 3.8) is 0 Å². The van der Waals surface area contributed by atoms with E-state index in [1.165, 1.54) is 33.4 Å². The van der Waals surface area contributed by atoms with Gasteiger partial charge in [-0.15, -0.1) is 0 Å². The van der Waals surface area contributed by atoms with Crippen LogP contribution in [0.3, 0.4) is 0 Å². The van der Waals surface area contributed by atoms with Gasteiger partial charge in [0.05, 0.1) is 11.6 Å². The standard InChI is InChI=1S/C34H26N2/c1-34(2)32-14-7-6-13-30(32)31-20-19-29(22-33(31)34)36(28-12-8-9-24(21-28)23-35)27-17-15-26(16-18-27)25-10-4-3-5-11-25/h3-22H,1-2H3. The van der Waals surface area contributed by atoms with Gasteiger partial charge in [0, 0.05) is 22.5 Å².